The van der Waals surface area contributed by atoms with Crippen LogP contribution in [0.5, 0.6) is 0 Å². The Morgan fingerprint density at radius 1 is 1.11 bits per heavy atom. The van der Waals surface area contributed by atoms with Crippen LogP contribution in [-0.2, 0) is 6.42 Å². The molecule has 1 aromatic carbocycles. The molecule has 19 heavy (non-hydrogen) atoms. The van der Waals surface area contributed by atoms with Gasteiger partial charge >= 0.3 is 0 Å². The van der Waals surface area contributed by atoms with E-state index in [0.717, 1.165) is 23.7 Å². The van der Waals surface area contributed by atoms with Crippen LogP contribution in [0.25, 0.3) is 0 Å². The van der Waals surface area contributed by atoms with Gasteiger partial charge in [0, 0.05) is 0 Å². The highest BCUT2D eigenvalue weighted by atomic mass is 14.8. The van der Waals surface area contributed by atoms with Crippen LogP contribution in [0.15, 0.2) is 30.3 Å². The molecule has 2 rings (SSSR count). The zero-order valence-corrected chi connectivity index (χ0v) is 12.7. The summed E-state index contributed by atoms with van der Waals surface area (Å²) in [5, 5.41) is 3.40. The minimum absolute atomic E-state index is 0.841. The molecular formula is C18H29N. The van der Waals surface area contributed by atoms with Crippen molar-refractivity contribution < 1.29 is 0 Å². The lowest BCUT2D eigenvalue weighted by molar-refractivity contribution is 0.146. The Morgan fingerprint density at radius 3 is 2.47 bits per heavy atom. The summed E-state index contributed by atoms with van der Waals surface area (Å²) in [6.45, 7) is 5.97. The van der Waals surface area contributed by atoms with E-state index in [1.165, 1.54) is 37.8 Å². The molecule has 0 aliphatic heterocycles. The standard InChI is InChI=1S/C18H29N/c1-14(2)16-9-10-17(13-19-3)18(12-16)11-15-7-5-4-6-8-15/h4-8,14,16-19H,9-13H2,1-3H3. The van der Waals surface area contributed by atoms with E-state index < -0.39 is 0 Å². The van der Waals surface area contributed by atoms with Crippen LogP contribution in [0, 0.1) is 23.7 Å². The van der Waals surface area contributed by atoms with Gasteiger partial charge in [0.05, 0.1) is 0 Å². The van der Waals surface area contributed by atoms with Gasteiger partial charge in [0.15, 0.2) is 0 Å². The highest BCUT2D eigenvalue weighted by Crippen LogP contribution is 2.38. The van der Waals surface area contributed by atoms with Crippen LogP contribution in [0.1, 0.15) is 38.7 Å². The van der Waals surface area contributed by atoms with Crippen molar-refractivity contribution >= 4 is 0 Å². The highest BCUT2D eigenvalue weighted by Gasteiger charge is 2.31. The molecule has 1 saturated carbocycles. The molecule has 1 nitrogen and oxygen atoms in total. The maximum Gasteiger partial charge on any atom is -0.00208 e. The zero-order chi connectivity index (χ0) is 13.7. The number of rotatable bonds is 5. The lowest BCUT2D eigenvalue weighted by Gasteiger charge is -2.38. The fourth-order valence-electron chi connectivity index (χ4n) is 3.67. The molecule has 1 fully saturated rings. The second kappa shape index (κ2) is 7.09. The van der Waals surface area contributed by atoms with Gasteiger partial charge in [0.25, 0.3) is 0 Å². The normalized spacial score (nSPS) is 27.7. The van der Waals surface area contributed by atoms with Crippen molar-refractivity contribution in [1.29, 1.82) is 0 Å². The first-order valence-electron chi connectivity index (χ1n) is 7.89. The lowest BCUT2D eigenvalue weighted by atomic mass is 9.69. The Balaban J connectivity index is 2.03. The Bertz CT molecular complexity index is 357. The van der Waals surface area contributed by atoms with E-state index in [-0.39, 0.29) is 0 Å². The number of hydrogen-bond acceptors (Lipinski definition) is 1. The van der Waals surface area contributed by atoms with Crippen LogP contribution in [0.3, 0.4) is 0 Å². The maximum absolute atomic E-state index is 3.40. The van der Waals surface area contributed by atoms with E-state index in [4.69, 9.17) is 0 Å². The summed E-state index contributed by atoms with van der Waals surface area (Å²) in [4.78, 5) is 0. The molecule has 1 aromatic rings. The minimum Gasteiger partial charge on any atom is -0.319 e. The largest absolute Gasteiger partial charge is 0.319 e. The van der Waals surface area contributed by atoms with Gasteiger partial charge < -0.3 is 5.32 Å². The molecule has 1 N–H and O–H groups in total. The maximum atomic E-state index is 3.40. The van der Waals surface area contributed by atoms with Gasteiger partial charge in [-0.25, -0.2) is 0 Å². The van der Waals surface area contributed by atoms with Crippen molar-refractivity contribution in [2.75, 3.05) is 13.6 Å². The Hall–Kier alpha value is -0.820. The predicted molar refractivity (Wildman–Crippen MR) is 83.2 cm³/mol. The van der Waals surface area contributed by atoms with Crippen molar-refractivity contribution in [2.45, 2.75) is 39.5 Å². The molecule has 3 atom stereocenters. The van der Waals surface area contributed by atoms with E-state index in [9.17, 15) is 0 Å². The summed E-state index contributed by atoms with van der Waals surface area (Å²) in [5.41, 5.74) is 1.51. The first-order valence-corrected chi connectivity index (χ1v) is 7.89. The lowest BCUT2D eigenvalue weighted by Crippen LogP contribution is -2.34. The van der Waals surface area contributed by atoms with Gasteiger partial charge in [-0.15, -0.1) is 0 Å². The molecule has 106 valence electrons. The van der Waals surface area contributed by atoms with Gasteiger partial charge in [-0.3, -0.25) is 0 Å². The average molecular weight is 259 g/mol. The van der Waals surface area contributed by atoms with E-state index >= 15 is 0 Å². The summed E-state index contributed by atoms with van der Waals surface area (Å²) in [6, 6.07) is 11.0. The van der Waals surface area contributed by atoms with Crippen molar-refractivity contribution in [3.63, 3.8) is 0 Å². The average Bonchev–Trinajstić information content (AvgIpc) is 2.42. The minimum atomic E-state index is 0.841. The van der Waals surface area contributed by atoms with Crippen LogP contribution < -0.4 is 5.32 Å². The summed E-state index contributed by atoms with van der Waals surface area (Å²) < 4.78 is 0. The summed E-state index contributed by atoms with van der Waals surface area (Å²) in [5.74, 6) is 3.49. The van der Waals surface area contributed by atoms with Gasteiger partial charge in [0.1, 0.15) is 0 Å². The molecule has 0 spiro atoms. The van der Waals surface area contributed by atoms with E-state index in [1.807, 2.05) is 0 Å². The fraction of sp³-hybridized carbons (Fsp3) is 0.667. The molecule has 1 aliphatic rings. The van der Waals surface area contributed by atoms with Crippen molar-refractivity contribution in [3.8, 4) is 0 Å². The van der Waals surface area contributed by atoms with Crippen LogP contribution in [0.2, 0.25) is 0 Å². The number of nitrogens with one attached hydrogen (secondary N) is 1. The van der Waals surface area contributed by atoms with Gasteiger partial charge in [0.2, 0.25) is 0 Å². The van der Waals surface area contributed by atoms with E-state index in [0.29, 0.717) is 0 Å². The molecular weight excluding hydrogens is 230 g/mol. The van der Waals surface area contributed by atoms with E-state index in [2.05, 4.69) is 56.5 Å². The molecule has 0 heterocycles. The monoisotopic (exact) mass is 259 g/mol. The van der Waals surface area contributed by atoms with Gasteiger partial charge in [-0.05, 0) is 68.5 Å². The molecule has 0 amide bonds. The third kappa shape index (κ3) is 4.07. The molecule has 0 bridgehead atoms. The summed E-state index contributed by atoms with van der Waals surface area (Å²) in [6.07, 6.45) is 5.51. The first kappa shape index (κ1) is 14.6. The smallest absolute Gasteiger partial charge is 0.00208 e. The predicted octanol–water partition coefficient (Wildman–Crippen LogP) is 4.14. The first-order chi connectivity index (χ1) is 9.20. The highest BCUT2D eigenvalue weighted by molar-refractivity contribution is 5.15. The third-order valence-corrected chi connectivity index (χ3v) is 4.93. The zero-order valence-electron chi connectivity index (χ0n) is 12.7. The van der Waals surface area contributed by atoms with Crippen LogP contribution in [-0.4, -0.2) is 13.6 Å². The second-order valence-corrected chi connectivity index (χ2v) is 6.58. The second-order valence-electron chi connectivity index (χ2n) is 6.58. The van der Waals surface area contributed by atoms with Crippen LogP contribution in [0.4, 0.5) is 0 Å². The van der Waals surface area contributed by atoms with Gasteiger partial charge in [-0.2, -0.15) is 0 Å². The van der Waals surface area contributed by atoms with E-state index in [1.54, 1.807) is 0 Å². The SMILES string of the molecule is CNCC1CCC(C(C)C)CC1Cc1ccccc1. The molecule has 3 unspecified atom stereocenters. The number of hydrogen-bond donors (Lipinski definition) is 1. The Kier molecular flexibility index (Phi) is 5.45. The molecule has 1 heteroatoms. The molecule has 0 aromatic heterocycles. The molecule has 0 saturated heterocycles. The van der Waals surface area contributed by atoms with Crippen molar-refractivity contribution in [3.05, 3.63) is 35.9 Å². The quantitative estimate of drug-likeness (QED) is 0.838. The Morgan fingerprint density at radius 2 is 1.84 bits per heavy atom. The van der Waals surface area contributed by atoms with Gasteiger partial charge in [-0.1, -0.05) is 44.2 Å². The molecule has 0 radical (unpaired) electrons. The van der Waals surface area contributed by atoms with Crippen molar-refractivity contribution in [2.24, 2.45) is 23.7 Å². The fourth-order valence-corrected chi connectivity index (χ4v) is 3.67. The summed E-state index contributed by atoms with van der Waals surface area (Å²) in [7, 11) is 2.09. The molecule has 1 aliphatic carbocycles. The summed E-state index contributed by atoms with van der Waals surface area (Å²) >= 11 is 0. The van der Waals surface area contributed by atoms with Crippen LogP contribution >= 0.6 is 0 Å². The number of benzene rings is 1. The topological polar surface area (TPSA) is 12.0 Å². The Labute approximate surface area is 118 Å². The third-order valence-electron chi connectivity index (χ3n) is 4.93. The van der Waals surface area contributed by atoms with Crippen molar-refractivity contribution in [1.82, 2.24) is 5.32 Å².